The third-order valence-corrected chi connectivity index (χ3v) is 12.6. The number of carbonyl (C=O) groups is 10. The van der Waals surface area contributed by atoms with E-state index in [1.807, 2.05) is 64.1 Å². The maximum Gasteiger partial charge on any atom is 1.00 e. The number of anilines is 2. The summed E-state index contributed by atoms with van der Waals surface area (Å²) < 4.78 is 55.2. The van der Waals surface area contributed by atoms with E-state index in [2.05, 4.69) is 65.0 Å². The van der Waals surface area contributed by atoms with Gasteiger partial charge in [0.25, 0.3) is 5.91 Å². The largest absolute Gasteiger partial charge is 1.00 e. The molecule has 1 aliphatic heterocycles. The first-order chi connectivity index (χ1) is 50.3. The molecule has 0 saturated carbocycles. The van der Waals surface area contributed by atoms with Gasteiger partial charge in [-0.1, -0.05) is 43.8 Å². The Kier molecular flexibility index (Phi) is 69.8. The van der Waals surface area contributed by atoms with Crippen LogP contribution in [0, 0.1) is 61.8 Å². The molecule has 4 aromatic heterocycles. The number of allylic oxidation sites excluding steroid dienone is 2. The summed E-state index contributed by atoms with van der Waals surface area (Å²) in [5, 5.41) is 67.4. The first kappa shape index (κ1) is 121. The minimum atomic E-state index is -3.66. The standard InChI is InChI=1S/C13H14N4O3.C8H12N2O2.C8H11NO2.C7H9N.C7H10O4.C6H7N3O4.C6H8N2O2.C6H10O4.C3H6O.C2H6O4S.CH4.H4N2.2Na.2H2O/c1-8-6-4-5-7-10(8)14-13(18)12-11(17(19)20)9(2)15-16(12)3;1-4-12-8(11)7-5-6(2)9-10(7)3;1-3-11-8(10)7-4-6(2)9-5-7;1-6-4-2-3-5-7(6)8;1-3-11-7(10)6(9)4-5(2)8;1-3-4(9(12)13)5(6(10)11)8(2)7-3;1-4-3-5(6(9)10)8(2)7-4;1-3-9-5(7)6(8)10-4-2;1-3(2)4;1-5-7(3,4)6-2;;1-2;;;;/h4-7H,1-3H3,(H,14,18);5H,4H2,1-3H3;4H,3,5H2,1-2H3;2-5H,8H2,1H3;4,9H,3H2,1-2H3;1-2H3,(H,10,11);3H,1-2H3,(H,9,10);3-4H2,1-2H3;1-2H3;1-2H3;1H4;1-2H2;;;2*1H2/q;;;;;;;;;;;;2*+1;;/p-2/b;;;;6-4-;;;;;;;;;;;. The second kappa shape index (κ2) is 65.2. The van der Waals surface area contributed by atoms with Crippen LogP contribution in [0.1, 0.15) is 146 Å². The third kappa shape index (κ3) is 50.3. The van der Waals surface area contributed by atoms with E-state index in [1.165, 1.54) is 68.8 Å². The number of hydrogen-bond donors (Lipinski definition) is 6. The Morgan fingerprint density at radius 3 is 1.25 bits per heavy atom. The van der Waals surface area contributed by atoms with Gasteiger partial charge in [0.1, 0.15) is 28.6 Å². The number of aromatic nitrogens is 8. The Labute approximate surface area is 698 Å². The van der Waals surface area contributed by atoms with Crippen molar-refractivity contribution < 1.29 is 184 Å². The van der Waals surface area contributed by atoms with Crippen molar-refractivity contribution in [1.29, 1.82) is 0 Å². The number of rotatable bonds is 17. The van der Waals surface area contributed by atoms with Gasteiger partial charge in [-0.25, -0.2) is 33.6 Å². The summed E-state index contributed by atoms with van der Waals surface area (Å²) in [5.74, 6) is 0.569. The van der Waals surface area contributed by atoms with Gasteiger partial charge < -0.3 is 65.8 Å². The first-order valence-corrected chi connectivity index (χ1v) is 32.8. The maximum atomic E-state index is 12.2. The van der Waals surface area contributed by atoms with Crippen molar-refractivity contribution in [2.75, 3.05) is 64.8 Å². The third-order valence-electron chi connectivity index (χ3n) is 11.8. The SMILES string of the molecule is C.CC(C)=O.CCOC(=O)/C([O-])=C/C(C)=O.CCOC(=O)C(=O)OCC.CCOC(=O)C1=CC(C)=NC1.CCOC(=O)c1cc(C)nn1C.COS(=O)(=O)OC.Cc1cc(C(=O)O)n(C)n1.Cc1ccccc1N.Cc1ccccc1NC(=O)c1c([N+](=O)[O-])c(C)nn1C.Cc1nn(C)c(C(=O)O)c1[N+](=O)[O-].NN.O.[Na+].[Na+].[OH-]. The molecule has 5 heterocycles. The molecule has 46 heteroatoms. The van der Waals surface area contributed by atoms with Crippen molar-refractivity contribution in [3.05, 3.63) is 161 Å². The molecule has 0 aliphatic carbocycles. The summed E-state index contributed by atoms with van der Waals surface area (Å²) in [6.45, 7) is 26.7. The van der Waals surface area contributed by atoms with Crippen LogP contribution in [0.4, 0.5) is 22.7 Å². The molecule has 622 valence electrons. The number of aromatic carboxylic acids is 2. The number of para-hydroxylation sites is 2. The molecule has 0 unspecified atom stereocenters. The number of aryl methyl sites for hydroxylation is 10. The molecule has 1 amide bonds. The van der Waals surface area contributed by atoms with E-state index in [4.69, 9.17) is 25.4 Å². The van der Waals surface area contributed by atoms with Gasteiger partial charge in [0.2, 0.25) is 11.4 Å². The zero-order valence-corrected chi connectivity index (χ0v) is 71.7. The molecular weight excluding hydrogens is 1540 g/mol. The Balaban J connectivity index is -0.000000154. The van der Waals surface area contributed by atoms with Gasteiger partial charge in [0.05, 0.1) is 80.6 Å². The van der Waals surface area contributed by atoms with Gasteiger partial charge in [-0.05, 0) is 157 Å². The minimum Gasteiger partial charge on any atom is -0.870 e. The molecule has 6 aromatic rings. The van der Waals surface area contributed by atoms with Crippen LogP contribution in [0.15, 0.2) is 89.1 Å². The number of nitro groups is 2. The predicted octanol–water partition coefficient (Wildman–Crippen LogP) is -1.53. The Morgan fingerprint density at radius 2 is 0.956 bits per heavy atom. The van der Waals surface area contributed by atoms with Gasteiger partial charge in [0.15, 0.2) is 5.78 Å². The fourth-order valence-corrected chi connectivity index (χ4v) is 7.45. The molecule has 0 spiro atoms. The molecule has 0 radical (unpaired) electrons. The number of nitrogens with zero attached hydrogens (tertiary/aromatic N) is 11. The smallest absolute Gasteiger partial charge is 0.870 e. The number of ether oxygens (including phenoxy) is 5. The number of carboxylic acids is 2. The van der Waals surface area contributed by atoms with Crippen molar-refractivity contribution in [2.45, 2.75) is 111 Å². The number of nitrogens with two attached hydrogens (primary N) is 3. The Morgan fingerprint density at radius 1 is 0.584 bits per heavy atom. The van der Waals surface area contributed by atoms with E-state index in [0.29, 0.717) is 42.8 Å². The van der Waals surface area contributed by atoms with E-state index in [-0.39, 0.29) is 143 Å². The number of amides is 1. The molecule has 0 atom stereocenters. The number of Topliss-reactive ketones (excluding diaryl/α,β-unsaturated/α-hetero) is 1. The monoisotopic (exact) mass is 1640 g/mol. The van der Waals surface area contributed by atoms with Gasteiger partial charge in [-0.15, -0.1) is 0 Å². The summed E-state index contributed by atoms with van der Waals surface area (Å²) in [6, 6.07) is 18.3. The van der Waals surface area contributed by atoms with E-state index >= 15 is 0 Å². The van der Waals surface area contributed by atoms with Gasteiger partial charge >= 0.3 is 123 Å². The van der Waals surface area contributed by atoms with Gasteiger partial charge in [-0.2, -0.15) is 28.8 Å². The number of carbonyl (C=O) groups excluding carboxylic acids is 8. The summed E-state index contributed by atoms with van der Waals surface area (Å²) in [4.78, 5) is 131. The number of aliphatic imine (C=N–C) groups is 1. The molecule has 113 heavy (non-hydrogen) atoms. The van der Waals surface area contributed by atoms with Crippen LogP contribution in [0.2, 0.25) is 0 Å². The number of hydrogen-bond acceptors (Lipinski definition) is 33. The van der Waals surface area contributed by atoms with Crippen LogP contribution in [0.5, 0.6) is 0 Å². The van der Waals surface area contributed by atoms with Crippen molar-refractivity contribution in [3.63, 3.8) is 0 Å². The van der Waals surface area contributed by atoms with Crippen molar-refractivity contribution in [2.24, 2.45) is 44.9 Å². The second-order valence-corrected chi connectivity index (χ2v) is 22.1. The average Bonchev–Trinajstić information content (AvgIpc) is 1.66. The van der Waals surface area contributed by atoms with Crippen LogP contribution < -0.4 is 87.0 Å². The number of nitrogen functional groups attached to an aromatic ring is 1. The molecular formula is C67H103N15Na2O28S. The number of nitrogens with one attached hydrogen (secondary N) is 1. The molecule has 12 N–H and O–H groups in total. The molecule has 43 nitrogen and oxygen atoms in total. The maximum absolute atomic E-state index is 12.2. The van der Waals surface area contributed by atoms with Crippen LogP contribution >= 0.6 is 0 Å². The topological polar surface area (TPSA) is 654 Å². The number of ketones is 2. The van der Waals surface area contributed by atoms with Crippen molar-refractivity contribution in [1.82, 2.24) is 39.1 Å². The molecule has 0 saturated heterocycles. The molecule has 1 aliphatic rings. The zero-order chi connectivity index (χ0) is 84.5. The fourth-order valence-electron chi connectivity index (χ4n) is 7.32. The van der Waals surface area contributed by atoms with Crippen LogP contribution in [-0.2, 0) is 99.4 Å². The fraction of sp³-hybridized carbons (Fsp3) is 0.418. The quantitative estimate of drug-likeness (QED) is 0.00576. The molecule has 2 aromatic carbocycles. The molecule has 0 bridgehead atoms. The Hall–Kier alpha value is -10.4. The minimum absolute atomic E-state index is 0. The van der Waals surface area contributed by atoms with Gasteiger partial charge in [-0.3, -0.25) is 73.6 Å². The van der Waals surface area contributed by atoms with E-state index < -0.39 is 78.9 Å². The number of benzene rings is 2. The number of esters is 5. The summed E-state index contributed by atoms with van der Waals surface area (Å²) >= 11 is 0. The summed E-state index contributed by atoms with van der Waals surface area (Å²) in [7, 11) is 4.58. The van der Waals surface area contributed by atoms with E-state index in [0.717, 1.165) is 52.8 Å². The van der Waals surface area contributed by atoms with E-state index in [1.54, 1.807) is 79.9 Å². The van der Waals surface area contributed by atoms with Crippen LogP contribution in [0.3, 0.4) is 0 Å². The first-order valence-electron chi connectivity index (χ1n) is 31.5. The van der Waals surface area contributed by atoms with E-state index in [9.17, 15) is 81.7 Å². The number of hydrazine groups is 1. The number of carboxylic acid groups (broad SMARTS) is 2. The molecule has 0 fully saturated rings. The Bertz CT molecular complexity index is 4100. The summed E-state index contributed by atoms with van der Waals surface area (Å²) in [6.07, 6.45) is 2.47. The predicted molar refractivity (Wildman–Crippen MR) is 401 cm³/mol. The zero-order valence-electron chi connectivity index (χ0n) is 66.9. The molecule has 7 rings (SSSR count). The van der Waals surface area contributed by atoms with Crippen molar-refractivity contribution in [3.8, 4) is 0 Å². The summed E-state index contributed by atoms with van der Waals surface area (Å²) in [5.41, 5.74) is 12.0. The van der Waals surface area contributed by atoms with Crippen LogP contribution in [0.25, 0.3) is 0 Å². The van der Waals surface area contributed by atoms with Crippen molar-refractivity contribution >= 4 is 98.1 Å². The normalized spacial score (nSPS) is 9.92. The average molecular weight is 1640 g/mol. The second-order valence-electron chi connectivity index (χ2n) is 20.7. The van der Waals surface area contributed by atoms with Gasteiger partial charge in [0, 0.05) is 45.3 Å². The van der Waals surface area contributed by atoms with Crippen LogP contribution in [-0.4, -0.2) is 197 Å².